The van der Waals surface area contributed by atoms with E-state index in [2.05, 4.69) is 10.1 Å². The van der Waals surface area contributed by atoms with E-state index in [0.717, 1.165) is 12.0 Å². The van der Waals surface area contributed by atoms with Crippen molar-refractivity contribution in [2.45, 2.75) is 45.0 Å². The van der Waals surface area contributed by atoms with Gasteiger partial charge in [0.2, 0.25) is 5.91 Å². The van der Waals surface area contributed by atoms with Crippen molar-refractivity contribution in [3.8, 4) is 5.75 Å². The fourth-order valence-corrected chi connectivity index (χ4v) is 2.68. The van der Waals surface area contributed by atoms with Crippen LogP contribution >= 0.6 is 0 Å². The minimum absolute atomic E-state index is 0.0284. The number of benzene rings is 1. The lowest BCUT2D eigenvalue weighted by Crippen LogP contribution is -2.48. The molecule has 6 heteroatoms. The number of nitrogens with one attached hydrogen (secondary N) is 1. The van der Waals surface area contributed by atoms with Gasteiger partial charge in [-0.05, 0) is 36.5 Å². The lowest BCUT2D eigenvalue weighted by Gasteiger charge is -2.33. The smallest absolute Gasteiger partial charge is 0.406 e. The SMILES string of the molecule is CC(C)C1(Cc2ccc(OC(F)(F)F)cc2)CCC(=O)N1. The van der Waals surface area contributed by atoms with Crippen LogP contribution in [0.5, 0.6) is 5.75 Å². The summed E-state index contributed by atoms with van der Waals surface area (Å²) in [6.07, 6.45) is -2.85. The third kappa shape index (κ3) is 3.89. The van der Waals surface area contributed by atoms with E-state index in [1.54, 1.807) is 12.1 Å². The van der Waals surface area contributed by atoms with Crippen molar-refractivity contribution in [3.05, 3.63) is 29.8 Å². The molecule has 0 bridgehead atoms. The van der Waals surface area contributed by atoms with Crippen LogP contribution in [0.15, 0.2) is 24.3 Å². The summed E-state index contributed by atoms with van der Waals surface area (Å²) in [5, 5.41) is 3.02. The van der Waals surface area contributed by atoms with E-state index in [4.69, 9.17) is 0 Å². The molecule has 1 amide bonds. The molecule has 0 aromatic heterocycles. The van der Waals surface area contributed by atoms with Crippen LogP contribution < -0.4 is 10.1 Å². The highest BCUT2D eigenvalue weighted by Gasteiger charge is 2.40. The first-order valence-electron chi connectivity index (χ1n) is 6.86. The number of hydrogen-bond donors (Lipinski definition) is 1. The van der Waals surface area contributed by atoms with Gasteiger partial charge in [0.15, 0.2) is 0 Å². The predicted octanol–water partition coefficient (Wildman–Crippen LogP) is 3.43. The molecule has 1 aromatic rings. The van der Waals surface area contributed by atoms with Crippen molar-refractivity contribution in [1.29, 1.82) is 0 Å². The molecule has 0 saturated carbocycles. The van der Waals surface area contributed by atoms with Gasteiger partial charge in [-0.2, -0.15) is 0 Å². The van der Waals surface area contributed by atoms with Crippen LogP contribution in [0, 0.1) is 5.92 Å². The largest absolute Gasteiger partial charge is 0.573 e. The zero-order chi connectivity index (χ0) is 15.7. The first kappa shape index (κ1) is 15.7. The van der Waals surface area contributed by atoms with Crippen LogP contribution in [0.1, 0.15) is 32.3 Å². The number of ether oxygens (including phenoxy) is 1. The molecule has 1 atom stereocenters. The normalized spacial score (nSPS) is 22.5. The minimum atomic E-state index is -4.68. The van der Waals surface area contributed by atoms with Crippen LogP contribution in [0.25, 0.3) is 0 Å². The van der Waals surface area contributed by atoms with Crippen molar-refractivity contribution in [2.75, 3.05) is 0 Å². The summed E-state index contributed by atoms with van der Waals surface area (Å²) < 4.78 is 40.2. The first-order valence-corrected chi connectivity index (χ1v) is 6.86. The molecule has 1 heterocycles. The standard InChI is InChI=1S/C15H18F3NO2/c1-10(2)14(8-7-13(20)19-14)9-11-3-5-12(6-4-11)21-15(16,17)18/h3-6,10H,7-9H2,1-2H3,(H,19,20). The molecular formula is C15H18F3NO2. The Hall–Kier alpha value is -1.72. The Kier molecular flexibility index (Phi) is 4.16. The summed E-state index contributed by atoms with van der Waals surface area (Å²) in [5.74, 6) is 0.0380. The van der Waals surface area contributed by atoms with E-state index < -0.39 is 6.36 Å². The summed E-state index contributed by atoms with van der Waals surface area (Å²) in [4.78, 5) is 11.5. The molecule has 116 valence electrons. The van der Waals surface area contributed by atoms with Crippen molar-refractivity contribution in [3.63, 3.8) is 0 Å². The molecule has 1 aromatic carbocycles. The van der Waals surface area contributed by atoms with E-state index in [1.807, 2.05) is 13.8 Å². The van der Waals surface area contributed by atoms with Gasteiger partial charge < -0.3 is 10.1 Å². The fourth-order valence-electron chi connectivity index (χ4n) is 2.68. The summed E-state index contributed by atoms with van der Waals surface area (Å²) in [6, 6.07) is 5.81. The predicted molar refractivity (Wildman–Crippen MR) is 71.8 cm³/mol. The Morgan fingerprint density at radius 3 is 2.33 bits per heavy atom. The lowest BCUT2D eigenvalue weighted by atomic mass is 9.80. The number of alkyl halides is 3. The number of carbonyl (C=O) groups excluding carboxylic acids is 1. The summed E-state index contributed by atoms with van der Waals surface area (Å²) in [6.45, 7) is 4.07. The molecule has 3 nitrogen and oxygen atoms in total. The van der Waals surface area contributed by atoms with Crippen LogP contribution in [-0.2, 0) is 11.2 Å². The van der Waals surface area contributed by atoms with Gasteiger partial charge >= 0.3 is 6.36 Å². The van der Waals surface area contributed by atoms with Gasteiger partial charge in [-0.3, -0.25) is 4.79 Å². The van der Waals surface area contributed by atoms with E-state index >= 15 is 0 Å². The second-order valence-corrected chi connectivity index (χ2v) is 5.73. The van der Waals surface area contributed by atoms with Crippen LogP contribution in [0.4, 0.5) is 13.2 Å². The zero-order valence-corrected chi connectivity index (χ0v) is 12.0. The van der Waals surface area contributed by atoms with E-state index in [0.29, 0.717) is 12.8 Å². The fraction of sp³-hybridized carbons (Fsp3) is 0.533. The van der Waals surface area contributed by atoms with Gasteiger partial charge in [0, 0.05) is 12.0 Å². The summed E-state index contributed by atoms with van der Waals surface area (Å²) in [7, 11) is 0. The van der Waals surface area contributed by atoms with Gasteiger partial charge in [-0.15, -0.1) is 13.2 Å². The van der Waals surface area contributed by atoms with Crippen molar-refractivity contribution < 1.29 is 22.7 Å². The van der Waals surface area contributed by atoms with Crippen molar-refractivity contribution in [2.24, 2.45) is 5.92 Å². The van der Waals surface area contributed by atoms with E-state index in [1.165, 1.54) is 12.1 Å². The number of amides is 1. The van der Waals surface area contributed by atoms with Crippen LogP contribution in [0.3, 0.4) is 0 Å². The molecule has 1 saturated heterocycles. The lowest BCUT2D eigenvalue weighted by molar-refractivity contribution is -0.274. The molecule has 1 fully saturated rings. The van der Waals surface area contributed by atoms with Crippen molar-refractivity contribution >= 4 is 5.91 Å². The molecule has 2 rings (SSSR count). The Labute approximate surface area is 121 Å². The van der Waals surface area contributed by atoms with Gasteiger partial charge in [0.05, 0.1) is 0 Å². The molecule has 1 unspecified atom stereocenters. The minimum Gasteiger partial charge on any atom is -0.406 e. The molecule has 0 spiro atoms. The second-order valence-electron chi connectivity index (χ2n) is 5.73. The Morgan fingerprint density at radius 1 is 1.29 bits per heavy atom. The van der Waals surface area contributed by atoms with Crippen LogP contribution in [-0.4, -0.2) is 17.8 Å². The van der Waals surface area contributed by atoms with E-state index in [-0.39, 0.29) is 23.1 Å². The molecule has 0 radical (unpaired) electrons. The molecular weight excluding hydrogens is 283 g/mol. The highest BCUT2D eigenvalue weighted by molar-refractivity contribution is 5.79. The number of rotatable bonds is 4. The topological polar surface area (TPSA) is 38.3 Å². The highest BCUT2D eigenvalue weighted by atomic mass is 19.4. The molecule has 1 aliphatic heterocycles. The monoisotopic (exact) mass is 301 g/mol. The van der Waals surface area contributed by atoms with Gasteiger partial charge in [0.1, 0.15) is 5.75 Å². The highest BCUT2D eigenvalue weighted by Crippen LogP contribution is 2.32. The van der Waals surface area contributed by atoms with E-state index in [9.17, 15) is 18.0 Å². The Balaban J connectivity index is 2.10. The summed E-state index contributed by atoms with van der Waals surface area (Å²) >= 11 is 0. The number of carbonyl (C=O) groups is 1. The average Bonchev–Trinajstić information content (AvgIpc) is 2.73. The quantitative estimate of drug-likeness (QED) is 0.925. The van der Waals surface area contributed by atoms with Crippen LogP contribution in [0.2, 0.25) is 0 Å². The average molecular weight is 301 g/mol. The second kappa shape index (κ2) is 5.58. The van der Waals surface area contributed by atoms with Gasteiger partial charge in [-0.1, -0.05) is 26.0 Å². The Morgan fingerprint density at radius 2 is 1.90 bits per heavy atom. The third-order valence-corrected chi connectivity index (χ3v) is 3.97. The molecule has 0 aliphatic carbocycles. The van der Waals surface area contributed by atoms with Crippen molar-refractivity contribution in [1.82, 2.24) is 5.32 Å². The van der Waals surface area contributed by atoms with Gasteiger partial charge in [-0.25, -0.2) is 0 Å². The Bertz CT molecular complexity index is 511. The third-order valence-electron chi connectivity index (χ3n) is 3.97. The molecule has 21 heavy (non-hydrogen) atoms. The number of halogens is 3. The maximum atomic E-state index is 12.1. The molecule has 1 N–H and O–H groups in total. The number of hydrogen-bond acceptors (Lipinski definition) is 2. The maximum absolute atomic E-state index is 12.1. The molecule has 1 aliphatic rings. The zero-order valence-electron chi connectivity index (χ0n) is 12.0. The summed E-state index contributed by atoms with van der Waals surface area (Å²) in [5.41, 5.74) is 0.559. The first-order chi connectivity index (χ1) is 9.70. The van der Waals surface area contributed by atoms with Gasteiger partial charge in [0.25, 0.3) is 0 Å². The maximum Gasteiger partial charge on any atom is 0.573 e.